The van der Waals surface area contributed by atoms with Gasteiger partial charge in [0.15, 0.2) is 6.23 Å². The van der Waals surface area contributed by atoms with Crippen molar-refractivity contribution < 1.29 is 29.3 Å². The monoisotopic (exact) mass is 315 g/mol. The lowest BCUT2D eigenvalue weighted by molar-refractivity contribution is -0.151. The van der Waals surface area contributed by atoms with Crippen molar-refractivity contribution >= 4 is 11.9 Å². The lowest BCUT2D eigenvalue weighted by Crippen LogP contribution is -2.36. The van der Waals surface area contributed by atoms with Gasteiger partial charge in [0.05, 0.1) is 0 Å². The predicted octanol–water partition coefficient (Wildman–Crippen LogP) is -3.11. The minimum absolute atomic E-state index is 0.253. The van der Waals surface area contributed by atoms with Crippen molar-refractivity contribution in [2.75, 3.05) is 6.61 Å². The molecule has 1 fully saturated rings. The molecule has 1 aromatic heterocycles. The van der Waals surface area contributed by atoms with Crippen molar-refractivity contribution in [1.82, 2.24) is 14.8 Å². The highest BCUT2D eigenvalue weighted by Gasteiger charge is 2.45. The van der Waals surface area contributed by atoms with Crippen LogP contribution in [0.25, 0.3) is 0 Å². The van der Waals surface area contributed by atoms with Crippen molar-refractivity contribution in [3.63, 3.8) is 0 Å². The molecule has 1 aliphatic rings. The molecule has 1 aromatic rings. The zero-order valence-corrected chi connectivity index (χ0v) is 11.7. The summed E-state index contributed by atoms with van der Waals surface area (Å²) in [5.41, 5.74) is 10.4. The molecule has 22 heavy (non-hydrogen) atoms. The van der Waals surface area contributed by atoms with E-state index in [0.29, 0.717) is 0 Å². The maximum atomic E-state index is 11.3. The standard InChI is InChI=1S/C11H17N5O6/c1-4(12)11(20)21-2-5-6(17)7(18)10(22-5)16-3-14-9(15-16)8(13)19/h3-7,10,17-18H,2,12H2,1H3,(H2,13,19)/t4-,5+,6+,7?,10+/m0/s1. The molecule has 6 N–H and O–H groups in total. The van der Waals surface area contributed by atoms with Crippen molar-refractivity contribution in [2.24, 2.45) is 11.5 Å². The van der Waals surface area contributed by atoms with Crippen molar-refractivity contribution in [2.45, 2.75) is 37.5 Å². The maximum Gasteiger partial charge on any atom is 0.322 e. The molecule has 1 saturated heterocycles. The van der Waals surface area contributed by atoms with Gasteiger partial charge in [-0.25, -0.2) is 9.67 Å². The predicted molar refractivity (Wildman–Crippen MR) is 69.1 cm³/mol. The Morgan fingerprint density at radius 3 is 2.73 bits per heavy atom. The molecular formula is C11H17N5O6. The number of hydrogen-bond donors (Lipinski definition) is 4. The number of aromatic nitrogens is 3. The van der Waals surface area contributed by atoms with E-state index in [9.17, 15) is 19.8 Å². The van der Waals surface area contributed by atoms with Gasteiger partial charge in [-0.2, -0.15) is 0 Å². The Balaban J connectivity index is 2.03. The first-order valence-electron chi connectivity index (χ1n) is 6.46. The van der Waals surface area contributed by atoms with Gasteiger partial charge >= 0.3 is 5.97 Å². The van der Waals surface area contributed by atoms with E-state index >= 15 is 0 Å². The van der Waals surface area contributed by atoms with Crippen LogP contribution in [-0.2, 0) is 14.3 Å². The fourth-order valence-electron chi connectivity index (χ4n) is 1.89. The normalized spacial score (nSPS) is 29.3. The molecule has 11 heteroatoms. The van der Waals surface area contributed by atoms with E-state index in [1.165, 1.54) is 6.92 Å². The molecule has 0 aliphatic carbocycles. The van der Waals surface area contributed by atoms with E-state index < -0.39 is 42.5 Å². The molecule has 5 atom stereocenters. The number of nitrogens with zero attached hydrogens (tertiary/aromatic N) is 3. The third kappa shape index (κ3) is 3.22. The molecule has 1 amide bonds. The Morgan fingerprint density at radius 2 is 2.18 bits per heavy atom. The largest absolute Gasteiger partial charge is 0.462 e. The number of hydrogen-bond acceptors (Lipinski definition) is 9. The number of rotatable bonds is 5. The summed E-state index contributed by atoms with van der Waals surface area (Å²) in [5, 5.41) is 23.6. The van der Waals surface area contributed by atoms with Gasteiger partial charge in [0.2, 0.25) is 5.82 Å². The summed E-state index contributed by atoms with van der Waals surface area (Å²) in [7, 11) is 0. The number of aliphatic hydroxyl groups is 2. The first-order chi connectivity index (χ1) is 10.3. The van der Waals surface area contributed by atoms with Gasteiger partial charge in [0, 0.05) is 0 Å². The van der Waals surface area contributed by atoms with Crippen molar-refractivity contribution in [3.05, 3.63) is 12.2 Å². The second-order valence-electron chi connectivity index (χ2n) is 4.88. The van der Waals surface area contributed by atoms with Crippen LogP contribution in [0.5, 0.6) is 0 Å². The van der Waals surface area contributed by atoms with Crippen LogP contribution in [0, 0.1) is 0 Å². The van der Waals surface area contributed by atoms with E-state index in [1.54, 1.807) is 0 Å². The highest BCUT2D eigenvalue weighted by atomic mass is 16.6. The molecule has 0 saturated carbocycles. The minimum Gasteiger partial charge on any atom is -0.462 e. The molecular weight excluding hydrogens is 298 g/mol. The van der Waals surface area contributed by atoms with E-state index in [-0.39, 0.29) is 12.4 Å². The van der Waals surface area contributed by atoms with Gasteiger partial charge in [-0.05, 0) is 6.92 Å². The average Bonchev–Trinajstić information content (AvgIpc) is 3.04. The average molecular weight is 315 g/mol. The van der Waals surface area contributed by atoms with Crippen LogP contribution in [0.1, 0.15) is 23.8 Å². The van der Waals surface area contributed by atoms with Crippen molar-refractivity contribution in [1.29, 1.82) is 0 Å². The quantitative estimate of drug-likeness (QED) is 0.409. The molecule has 2 rings (SSSR count). The van der Waals surface area contributed by atoms with Gasteiger partial charge in [-0.15, -0.1) is 5.10 Å². The number of nitrogens with two attached hydrogens (primary N) is 2. The Morgan fingerprint density at radius 1 is 1.50 bits per heavy atom. The number of carbonyl (C=O) groups excluding carboxylic acids is 2. The first-order valence-corrected chi connectivity index (χ1v) is 6.46. The number of esters is 1. The third-order valence-corrected chi connectivity index (χ3v) is 3.09. The van der Waals surface area contributed by atoms with E-state index in [4.69, 9.17) is 20.9 Å². The van der Waals surface area contributed by atoms with Crippen LogP contribution in [-0.4, -0.2) is 67.8 Å². The van der Waals surface area contributed by atoms with E-state index in [1.807, 2.05) is 0 Å². The third-order valence-electron chi connectivity index (χ3n) is 3.09. The Labute approximate surface area is 124 Å². The second-order valence-corrected chi connectivity index (χ2v) is 4.88. The Hall–Kier alpha value is -2.08. The number of aliphatic hydroxyl groups excluding tert-OH is 2. The van der Waals surface area contributed by atoms with Crippen LogP contribution >= 0.6 is 0 Å². The first kappa shape index (κ1) is 16.3. The SMILES string of the molecule is C[C@H](N)C(=O)OC[C@H]1O[C@@H](n2cnc(C(N)=O)n2)C(O)[C@@H]1O. The van der Waals surface area contributed by atoms with Crippen LogP contribution in [0.3, 0.4) is 0 Å². The molecule has 0 aromatic carbocycles. The highest BCUT2D eigenvalue weighted by molar-refractivity contribution is 5.88. The van der Waals surface area contributed by atoms with Crippen LogP contribution in [0.4, 0.5) is 0 Å². The molecule has 0 radical (unpaired) electrons. The van der Waals surface area contributed by atoms with Gasteiger partial charge in [0.1, 0.15) is 37.3 Å². The summed E-state index contributed by atoms with van der Waals surface area (Å²) in [6.07, 6.45) is -3.58. The van der Waals surface area contributed by atoms with Gasteiger partial charge in [-0.1, -0.05) is 0 Å². The van der Waals surface area contributed by atoms with Crippen LogP contribution < -0.4 is 11.5 Å². The van der Waals surface area contributed by atoms with Gasteiger partial charge in [-0.3, -0.25) is 9.59 Å². The fourth-order valence-corrected chi connectivity index (χ4v) is 1.89. The number of primary amides is 1. The summed E-state index contributed by atoms with van der Waals surface area (Å²) in [5.74, 6) is -1.75. The van der Waals surface area contributed by atoms with E-state index in [2.05, 4.69) is 10.1 Å². The zero-order valence-electron chi connectivity index (χ0n) is 11.7. The summed E-state index contributed by atoms with van der Waals surface area (Å²) in [6, 6.07) is -0.812. The topological polar surface area (TPSA) is 176 Å². The van der Waals surface area contributed by atoms with E-state index in [0.717, 1.165) is 11.0 Å². The number of carbonyl (C=O) groups is 2. The summed E-state index contributed by atoms with van der Waals surface area (Å²) < 4.78 is 11.3. The second kappa shape index (κ2) is 6.36. The molecule has 2 heterocycles. The molecule has 0 bridgehead atoms. The number of amides is 1. The maximum absolute atomic E-state index is 11.3. The molecule has 1 unspecified atom stereocenters. The Bertz CT molecular complexity index is 561. The lowest BCUT2D eigenvalue weighted by atomic mass is 10.1. The molecule has 1 aliphatic heterocycles. The van der Waals surface area contributed by atoms with Gasteiger partial charge in [0.25, 0.3) is 5.91 Å². The summed E-state index contributed by atoms with van der Waals surface area (Å²) in [4.78, 5) is 25.9. The molecule has 0 spiro atoms. The van der Waals surface area contributed by atoms with Crippen LogP contribution in [0.2, 0.25) is 0 Å². The van der Waals surface area contributed by atoms with Gasteiger partial charge < -0.3 is 31.2 Å². The summed E-state index contributed by atoms with van der Waals surface area (Å²) in [6.45, 7) is 1.17. The number of ether oxygens (including phenoxy) is 2. The van der Waals surface area contributed by atoms with Crippen LogP contribution in [0.15, 0.2) is 6.33 Å². The summed E-state index contributed by atoms with van der Waals surface area (Å²) >= 11 is 0. The molecule has 122 valence electrons. The zero-order chi connectivity index (χ0) is 16.4. The molecule has 11 nitrogen and oxygen atoms in total. The lowest BCUT2D eigenvalue weighted by Gasteiger charge is -2.15. The van der Waals surface area contributed by atoms with Crippen molar-refractivity contribution in [3.8, 4) is 0 Å². The minimum atomic E-state index is -1.35. The highest BCUT2D eigenvalue weighted by Crippen LogP contribution is 2.28. The fraction of sp³-hybridized carbons (Fsp3) is 0.636. The Kier molecular flexibility index (Phi) is 4.71. The smallest absolute Gasteiger partial charge is 0.322 e.